The van der Waals surface area contributed by atoms with Crippen LogP contribution in [0.3, 0.4) is 0 Å². The van der Waals surface area contributed by atoms with Crippen molar-refractivity contribution in [1.29, 1.82) is 0 Å². The van der Waals surface area contributed by atoms with Crippen LogP contribution in [0, 0.1) is 12.7 Å². The van der Waals surface area contributed by atoms with Gasteiger partial charge in [-0.15, -0.1) is 9.78 Å². The van der Waals surface area contributed by atoms with Gasteiger partial charge in [-0.05, 0) is 6.92 Å². The van der Waals surface area contributed by atoms with E-state index in [1.807, 2.05) is 0 Å². The fraction of sp³-hybridized carbons (Fsp3) is 0.176. The molecule has 2 aliphatic heterocycles. The summed E-state index contributed by atoms with van der Waals surface area (Å²) < 4.78 is 60.4. The highest BCUT2D eigenvalue weighted by Gasteiger charge is 2.71. The van der Waals surface area contributed by atoms with Crippen molar-refractivity contribution >= 4 is 0 Å². The van der Waals surface area contributed by atoms with Crippen LogP contribution >= 0.6 is 0 Å². The Hall–Kier alpha value is -3.70. The van der Waals surface area contributed by atoms with E-state index in [4.69, 9.17) is 0 Å². The molecule has 0 N–H and O–H groups in total. The standard InChI is InChI=1S/C17H10F4N8/c1-9-23-15-13-8-22-3-5-27(13)17(29(15)24-9)26-4-2-10(18)6-11(26)12-7-14(16(19,20)21)25-28(12)17/h2-8H,1H3/q+2. The van der Waals surface area contributed by atoms with E-state index in [9.17, 15) is 17.6 Å². The topological polar surface area (TPSA) is 69.2 Å². The van der Waals surface area contributed by atoms with E-state index in [1.165, 1.54) is 33.9 Å². The van der Waals surface area contributed by atoms with Crippen molar-refractivity contribution in [3.05, 3.63) is 60.3 Å². The smallest absolute Gasteiger partial charge is 0.251 e. The Labute approximate surface area is 159 Å². The van der Waals surface area contributed by atoms with E-state index in [2.05, 4.69) is 20.2 Å². The van der Waals surface area contributed by atoms with Gasteiger partial charge in [-0.2, -0.15) is 18.3 Å². The van der Waals surface area contributed by atoms with Crippen LogP contribution in [-0.2, 0) is 12.1 Å². The Bertz CT molecular complexity index is 1340. The first-order chi connectivity index (χ1) is 13.8. The van der Waals surface area contributed by atoms with Gasteiger partial charge in [0, 0.05) is 18.2 Å². The second-order valence-electron chi connectivity index (χ2n) is 6.75. The van der Waals surface area contributed by atoms with Crippen LogP contribution in [0.25, 0.3) is 22.9 Å². The molecule has 6 heterocycles. The lowest BCUT2D eigenvalue weighted by Gasteiger charge is -2.15. The Morgan fingerprint density at radius 1 is 1.03 bits per heavy atom. The summed E-state index contributed by atoms with van der Waals surface area (Å²) in [4.78, 5) is 8.52. The van der Waals surface area contributed by atoms with Crippen LogP contribution in [-0.4, -0.2) is 29.5 Å². The Morgan fingerprint density at radius 3 is 2.62 bits per heavy atom. The lowest BCUT2D eigenvalue weighted by Crippen LogP contribution is -2.77. The molecule has 0 amide bonds. The zero-order valence-corrected chi connectivity index (χ0v) is 14.6. The summed E-state index contributed by atoms with van der Waals surface area (Å²) >= 11 is 0. The van der Waals surface area contributed by atoms with Gasteiger partial charge < -0.3 is 0 Å². The van der Waals surface area contributed by atoms with Crippen molar-refractivity contribution in [3.8, 4) is 22.9 Å². The van der Waals surface area contributed by atoms with Crippen LogP contribution < -0.4 is 9.13 Å². The minimum Gasteiger partial charge on any atom is -0.251 e. The predicted octanol–water partition coefficient (Wildman–Crippen LogP) is 1.08. The molecule has 0 radical (unpaired) electrons. The molecule has 1 unspecified atom stereocenters. The first kappa shape index (κ1) is 16.3. The molecule has 4 aromatic heterocycles. The Kier molecular flexibility index (Phi) is 2.71. The Balaban J connectivity index is 1.81. The molecular weight excluding hydrogens is 392 g/mol. The fourth-order valence-electron chi connectivity index (χ4n) is 4.06. The number of rotatable bonds is 0. The van der Waals surface area contributed by atoms with Gasteiger partial charge in [0.1, 0.15) is 17.8 Å². The van der Waals surface area contributed by atoms with E-state index in [0.717, 1.165) is 6.07 Å². The third-order valence-electron chi connectivity index (χ3n) is 5.09. The number of hydrogen-bond acceptors (Lipinski definition) is 4. The average Bonchev–Trinajstić information content (AvgIpc) is 3.37. The molecule has 6 rings (SSSR count). The minimum atomic E-state index is -4.66. The summed E-state index contributed by atoms with van der Waals surface area (Å²) in [5.41, 5.74) is -0.214. The maximum Gasteiger partial charge on any atom is 0.584 e. The number of alkyl halides is 3. The van der Waals surface area contributed by atoms with Gasteiger partial charge in [-0.25, -0.2) is 9.37 Å². The van der Waals surface area contributed by atoms with Crippen LogP contribution in [0.1, 0.15) is 11.5 Å². The third-order valence-corrected chi connectivity index (χ3v) is 5.09. The third kappa shape index (κ3) is 1.78. The summed E-state index contributed by atoms with van der Waals surface area (Å²) in [6.07, 6.45) is 1.44. The van der Waals surface area contributed by atoms with Gasteiger partial charge in [-0.1, -0.05) is 13.8 Å². The highest BCUT2D eigenvalue weighted by Crippen LogP contribution is 2.39. The fourth-order valence-corrected chi connectivity index (χ4v) is 4.06. The first-order valence-corrected chi connectivity index (χ1v) is 8.52. The van der Waals surface area contributed by atoms with Crippen LogP contribution in [0.2, 0.25) is 0 Å². The number of halogens is 4. The number of hydrogen-bond donors (Lipinski definition) is 0. The lowest BCUT2D eigenvalue weighted by atomic mass is 10.2. The maximum absolute atomic E-state index is 14.1. The summed E-state index contributed by atoms with van der Waals surface area (Å²) in [7, 11) is 0. The van der Waals surface area contributed by atoms with Crippen molar-refractivity contribution in [1.82, 2.24) is 29.5 Å². The largest absolute Gasteiger partial charge is 0.584 e. The predicted molar refractivity (Wildman–Crippen MR) is 85.2 cm³/mol. The zero-order valence-electron chi connectivity index (χ0n) is 14.6. The summed E-state index contributed by atoms with van der Waals surface area (Å²) in [6.45, 7) is 1.68. The first-order valence-electron chi connectivity index (χ1n) is 8.52. The number of fused-ring (bicyclic) bond motifs is 10. The molecule has 144 valence electrons. The molecule has 0 aromatic carbocycles. The monoisotopic (exact) mass is 402 g/mol. The van der Waals surface area contributed by atoms with Crippen molar-refractivity contribution < 1.29 is 26.7 Å². The van der Waals surface area contributed by atoms with Crippen molar-refractivity contribution in [2.24, 2.45) is 0 Å². The number of aryl methyl sites for hydroxylation is 1. The van der Waals surface area contributed by atoms with Gasteiger partial charge in [-0.3, -0.25) is 4.98 Å². The Morgan fingerprint density at radius 2 is 1.83 bits per heavy atom. The quantitative estimate of drug-likeness (QED) is 0.282. The number of nitrogens with zero attached hydrogens (tertiary/aromatic N) is 8. The molecule has 0 aliphatic carbocycles. The van der Waals surface area contributed by atoms with Crippen LogP contribution in [0.4, 0.5) is 17.6 Å². The molecule has 1 atom stereocenters. The molecule has 4 aromatic rings. The maximum atomic E-state index is 14.1. The molecule has 0 bridgehead atoms. The summed E-state index contributed by atoms with van der Waals surface area (Å²) in [6, 6.07) is 3.31. The van der Waals surface area contributed by atoms with Gasteiger partial charge in [0.15, 0.2) is 23.8 Å². The van der Waals surface area contributed by atoms with Crippen LogP contribution in [0.15, 0.2) is 43.0 Å². The van der Waals surface area contributed by atoms with Gasteiger partial charge in [0.05, 0.1) is 6.20 Å². The molecular formula is C17H10F4N8+2. The molecule has 0 fully saturated rings. The van der Waals surface area contributed by atoms with Gasteiger partial charge in [0.25, 0.3) is 5.69 Å². The second kappa shape index (κ2) is 4.82. The van der Waals surface area contributed by atoms with Crippen molar-refractivity contribution in [2.75, 3.05) is 0 Å². The molecule has 1 spiro atoms. The highest BCUT2D eigenvalue weighted by atomic mass is 19.4. The van der Waals surface area contributed by atoms with E-state index >= 15 is 0 Å². The lowest BCUT2D eigenvalue weighted by molar-refractivity contribution is -0.990. The van der Waals surface area contributed by atoms with E-state index < -0.39 is 23.6 Å². The second-order valence-corrected chi connectivity index (χ2v) is 6.75. The molecule has 0 saturated heterocycles. The molecule has 29 heavy (non-hydrogen) atoms. The average molecular weight is 402 g/mol. The highest BCUT2D eigenvalue weighted by molar-refractivity contribution is 5.56. The van der Waals surface area contributed by atoms with Crippen molar-refractivity contribution in [2.45, 2.75) is 19.0 Å². The molecule has 2 aliphatic rings. The molecule has 12 heteroatoms. The van der Waals surface area contributed by atoms with Crippen molar-refractivity contribution in [3.63, 3.8) is 0 Å². The van der Waals surface area contributed by atoms with Gasteiger partial charge >= 0.3 is 12.1 Å². The molecule has 0 saturated carbocycles. The number of aromatic nitrogens is 8. The number of pyridine rings is 1. The summed E-state index contributed by atoms with van der Waals surface area (Å²) in [5.74, 6) is -1.25. The zero-order chi connectivity index (χ0) is 20.1. The normalized spacial score (nSPS) is 18.7. The van der Waals surface area contributed by atoms with E-state index in [-0.39, 0.29) is 11.4 Å². The molecule has 8 nitrogen and oxygen atoms in total. The minimum absolute atomic E-state index is 0.105. The van der Waals surface area contributed by atoms with Crippen LogP contribution in [0.5, 0.6) is 0 Å². The summed E-state index contributed by atoms with van der Waals surface area (Å²) in [5, 5.41) is 8.30. The SMILES string of the molecule is Cc1nc2n(n1)C1(n3nc(C(F)(F)F)cc3-c3cc(F)cc[n+]31)[n+]1ccncc1-2. The van der Waals surface area contributed by atoms with Gasteiger partial charge in [0.2, 0.25) is 11.5 Å². The van der Waals surface area contributed by atoms with E-state index in [0.29, 0.717) is 17.3 Å². The van der Waals surface area contributed by atoms with E-state index in [1.54, 1.807) is 28.5 Å².